The van der Waals surface area contributed by atoms with E-state index >= 15 is 0 Å². The van der Waals surface area contributed by atoms with Crippen molar-refractivity contribution in [1.29, 1.82) is 0 Å². The lowest BCUT2D eigenvalue weighted by Crippen LogP contribution is -2.45. The van der Waals surface area contributed by atoms with Crippen LogP contribution in [0.5, 0.6) is 0 Å². The molecule has 1 amide bonds. The number of aliphatic hydroxyl groups is 1. The number of nitrogens with zero attached hydrogens (tertiary/aromatic N) is 1. The number of aromatic nitrogens is 1. The van der Waals surface area contributed by atoms with E-state index in [9.17, 15) is 9.90 Å². The lowest BCUT2D eigenvalue weighted by atomic mass is 9.92. The molecule has 4 rings (SSSR count). The van der Waals surface area contributed by atoms with Crippen LogP contribution in [-0.4, -0.2) is 41.9 Å². The van der Waals surface area contributed by atoms with Crippen LogP contribution in [0.25, 0.3) is 10.9 Å². The number of rotatable bonds is 5. The minimum absolute atomic E-state index is 0.00783. The molecule has 0 spiro atoms. The number of fused-ring (bicyclic) bond motifs is 1. The highest BCUT2D eigenvalue weighted by molar-refractivity contribution is 5.85. The first kappa shape index (κ1) is 15.5. The van der Waals surface area contributed by atoms with Gasteiger partial charge in [0.05, 0.1) is 36.8 Å². The molecule has 126 valence electrons. The zero-order chi connectivity index (χ0) is 16.6. The van der Waals surface area contributed by atoms with Gasteiger partial charge in [0.1, 0.15) is 0 Å². The highest BCUT2D eigenvalue weighted by atomic mass is 16.5. The van der Waals surface area contributed by atoms with Crippen molar-refractivity contribution >= 4 is 16.8 Å². The smallest absolute Gasteiger partial charge is 0.228 e. The molecule has 2 N–H and O–H groups in total. The largest absolute Gasteiger partial charge is 0.395 e. The van der Waals surface area contributed by atoms with Gasteiger partial charge in [0.25, 0.3) is 0 Å². The normalized spacial score (nSPS) is 24.9. The molecule has 2 atom stereocenters. The lowest BCUT2D eigenvalue weighted by Gasteiger charge is -2.22. The molecule has 2 fully saturated rings. The van der Waals surface area contributed by atoms with Crippen LogP contribution in [0.1, 0.15) is 18.4 Å². The van der Waals surface area contributed by atoms with E-state index in [1.165, 1.54) is 5.56 Å². The first-order chi connectivity index (χ1) is 11.7. The molecule has 5 heteroatoms. The number of para-hydroxylation sites is 1. The molecule has 1 saturated heterocycles. The molecule has 2 aliphatic rings. The fourth-order valence-electron chi connectivity index (χ4n) is 3.50. The van der Waals surface area contributed by atoms with Crippen LogP contribution < -0.4 is 5.32 Å². The van der Waals surface area contributed by atoms with Gasteiger partial charge in [-0.05, 0) is 37.0 Å². The van der Waals surface area contributed by atoms with Gasteiger partial charge in [0, 0.05) is 17.5 Å². The van der Waals surface area contributed by atoms with Gasteiger partial charge in [0.15, 0.2) is 0 Å². The predicted octanol–water partition coefficient (Wildman–Crippen LogP) is 1.68. The Morgan fingerprint density at radius 2 is 2.12 bits per heavy atom. The first-order valence-electron chi connectivity index (χ1n) is 8.54. The van der Waals surface area contributed by atoms with E-state index in [-0.39, 0.29) is 24.5 Å². The van der Waals surface area contributed by atoms with Crippen molar-refractivity contribution in [2.75, 3.05) is 19.8 Å². The van der Waals surface area contributed by atoms with E-state index in [1.54, 1.807) is 0 Å². The molecule has 0 bridgehead atoms. The van der Waals surface area contributed by atoms with Gasteiger partial charge in [-0.2, -0.15) is 0 Å². The molecule has 2 heterocycles. The molecule has 1 aliphatic heterocycles. The van der Waals surface area contributed by atoms with E-state index in [0.29, 0.717) is 13.2 Å². The molecule has 24 heavy (non-hydrogen) atoms. The van der Waals surface area contributed by atoms with Crippen molar-refractivity contribution in [2.24, 2.45) is 11.3 Å². The third kappa shape index (κ3) is 2.78. The van der Waals surface area contributed by atoms with Gasteiger partial charge >= 0.3 is 0 Å². The van der Waals surface area contributed by atoms with E-state index in [0.717, 1.165) is 30.2 Å². The summed E-state index contributed by atoms with van der Waals surface area (Å²) in [5.74, 6) is 0.222. The van der Waals surface area contributed by atoms with Crippen LogP contribution in [-0.2, 0) is 16.0 Å². The highest BCUT2D eigenvalue weighted by Gasteiger charge is 2.50. The van der Waals surface area contributed by atoms with Gasteiger partial charge in [-0.15, -0.1) is 0 Å². The molecular weight excluding hydrogens is 304 g/mol. The summed E-state index contributed by atoms with van der Waals surface area (Å²) in [7, 11) is 0. The molecule has 0 radical (unpaired) electrons. The Bertz CT molecular complexity index is 752. The Hall–Kier alpha value is -1.98. The quantitative estimate of drug-likeness (QED) is 0.877. The topological polar surface area (TPSA) is 71.5 Å². The lowest BCUT2D eigenvalue weighted by molar-refractivity contribution is -0.128. The van der Waals surface area contributed by atoms with Crippen LogP contribution in [0, 0.1) is 11.3 Å². The number of nitrogens with one attached hydrogen (secondary N) is 1. The van der Waals surface area contributed by atoms with Crippen LogP contribution in [0.2, 0.25) is 0 Å². The standard InChI is InChI=1S/C19H22N2O3/c22-12-19(6-7-19)18(23)21-17-11-24-10-14(17)9-13-5-8-20-16-4-2-1-3-15(13)16/h1-5,8,14,17,22H,6-7,9-12H2,(H,21,23)/t14-,17-/m1/s1. The Morgan fingerprint density at radius 1 is 1.29 bits per heavy atom. The van der Waals surface area contributed by atoms with Gasteiger partial charge in [-0.3, -0.25) is 9.78 Å². The predicted molar refractivity (Wildman–Crippen MR) is 90.4 cm³/mol. The second-order valence-corrected chi connectivity index (χ2v) is 7.01. The van der Waals surface area contributed by atoms with Crippen molar-refractivity contribution < 1.29 is 14.6 Å². The number of amides is 1. The number of pyridine rings is 1. The number of carbonyl (C=O) groups excluding carboxylic acids is 1. The van der Waals surface area contributed by atoms with Gasteiger partial charge in [-0.1, -0.05) is 18.2 Å². The first-order valence-corrected chi connectivity index (χ1v) is 8.54. The van der Waals surface area contributed by atoms with Gasteiger partial charge in [0.2, 0.25) is 5.91 Å². The fraction of sp³-hybridized carbons (Fsp3) is 0.474. The number of carbonyl (C=O) groups is 1. The van der Waals surface area contributed by atoms with Crippen LogP contribution in [0.4, 0.5) is 0 Å². The van der Waals surface area contributed by atoms with E-state index in [4.69, 9.17) is 4.74 Å². The Morgan fingerprint density at radius 3 is 2.92 bits per heavy atom. The average molecular weight is 326 g/mol. The minimum atomic E-state index is -0.531. The third-order valence-electron chi connectivity index (χ3n) is 5.37. The maximum absolute atomic E-state index is 12.4. The van der Waals surface area contributed by atoms with E-state index < -0.39 is 5.41 Å². The van der Waals surface area contributed by atoms with Gasteiger partial charge < -0.3 is 15.2 Å². The molecule has 1 saturated carbocycles. The van der Waals surface area contributed by atoms with Crippen LogP contribution in [0.3, 0.4) is 0 Å². The molecule has 5 nitrogen and oxygen atoms in total. The third-order valence-corrected chi connectivity index (χ3v) is 5.37. The Labute approximate surface area is 141 Å². The number of ether oxygens (including phenoxy) is 1. The van der Waals surface area contributed by atoms with Gasteiger partial charge in [-0.25, -0.2) is 0 Å². The number of hydrogen-bond donors (Lipinski definition) is 2. The summed E-state index contributed by atoms with van der Waals surface area (Å²) < 4.78 is 5.63. The Kier molecular flexibility index (Phi) is 3.98. The summed E-state index contributed by atoms with van der Waals surface area (Å²) in [5, 5.41) is 13.7. The fourth-order valence-corrected chi connectivity index (χ4v) is 3.50. The van der Waals surface area contributed by atoms with Crippen molar-refractivity contribution in [2.45, 2.75) is 25.3 Å². The summed E-state index contributed by atoms with van der Waals surface area (Å²) >= 11 is 0. The minimum Gasteiger partial charge on any atom is -0.395 e. The van der Waals surface area contributed by atoms with Crippen LogP contribution >= 0.6 is 0 Å². The zero-order valence-electron chi connectivity index (χ0n) is 13.6. The number of aliphatic hydroxyl groups excluding tert-OH is 1. The highest BCUT2D eigenvalue weighted by Crippen LogP contribution is 2.45. The van der Waals surface area contributed by atoms with Crippen LogP contribution in [0.15, 0.2) is 36.5 Å². The van der Waals surface area contributed by atoms with Crippen molar-refractivity contribution in [3.8, 4) is 0 Å². The SMILES string of the molecule is O=C(N[C@@H]1COC[C@H]1Cc1ccnc2ccccc12)C1(CO)CC1. The van der Waals surface area contributed by atoms with E-state index in [1.807, 2.05) is 24.4 Å². The summed E-state index contributed by atoms with van der Waals surface area (Å²) in [5.41, 5.74) is 1.70. The second-order valence-electron chi connectivity index (χ2n) is 7.01. The maximum atomic E-state index is 12.4. The summed E-state index contributed by atoms with van der Waals surface area (Å²) in [6.07, 6.45) is 4.25. The monoisotopic (exact) mass is 326 g/mol. The number of hydrogen-bond acceptors (Lipinski definition) is 4. The molecule has 1 aliphatic carbocycles. The average Bonchev–Trinajstić information content (AvgIpc) is 3.31. The van der Waals surface area contributed by atoms with E-state index in [2.05, 4.69) is 22.4 Å². The summed E-state index contributed by atoms with van der Waals surface area (Å²) in [4.78, 5) is 16.8. The van der Waals surface area contributed by atoms with Crippen molar-refractivity contribution in [3.63, 3.8) is 0 Å². The van der Waals surface area contributed by atoms with Crippen molar-refractivity contribution in [3.05, 3.63) is 42.1 Å². The molecule has 1 aromatic carbocycles. The zero-order valence-corrected chi connectivity index (χ0v) is 13.6. The summed E-state index contributed by atoms with van der Waals surface area (Å²) in [6.45, 7) is 1.13. The molecular formula is C19H22N2O3. The second kappa shape index (κ2) is 6.15. The van der Waals surface area contributed by atoms with Crippen molar-refractivity contribution in [1.82, 2.24) is 10.3 Å². The summed E-state index contributed by atoms with van der Waals surface area (Å²) in [6, 6.07) is 10.2. The molecule has 1 aromatic heterocycles. The molecule has 2 aromatic rings. The molecule has 0 unspecified atom stereocenters. The Balaban J connectivity index is 1.50. The number of benzene rings is 1. The maximum Gasteiger partial charge on any atom is 0.228 e.